The van der Waals surface area contributed by atoms with Gasteiger partial charge in [0.05, 0.1) is 11.7 Å². The Hall–Kier alpha value is -1.30. The summed E-state index contributed by atoms with van der Waals surface area (Å²) < 4.78 is 38.9. The van der Waals surface area contributed by atoms with Crippen LogP contribution in [0.15, 0.2) is 24.3 Å². The Labute approximate surface area is 103 Å². The normalized spacial score (nSPS) is 19.5. The Morgan fingerprint density at radius 2 is 1.82 bits per heavy atom. The third-order valence-corrected chi connectivity index (χ3v) is 3.29. The number of anilines is 1. The average Bonchev–Trinajstić information content (AvgIpc) is 2.37. The number of fused-ring (bicyclic) bond motifs is 1. The molecule has 17 heavy (non-hydrogen) atoms. The van der Waals surface area contributed by atoms with Crippen molar-refractivity contribution in [2.75, 3.05) is 25.2 Å². The number of hydrogen-bond acceptors (Lipinski definition) is 1. The summed E-state index contributed by atoms with van der Waals surface area (Å²) in [5.74, 6) is 0. The Morgan fingerprint density at radius 3 is 2.41 bits per heavy atom. The van der Waals surface area contributed by atoms with E-state index in [9.17, 15) is 13.2 Å². The van der Waals surface area contributed by atoms with E-state index in [4.69, 9.17) is 12.2 Å². The van der Waals surface area contributed by atoms with Crippen molar-refractivity contribution in [2.24, 2.45) is 0 Å². The topological polar surface area (TPSA) is 6.48 Å². The molecule has 92 valence electrons. The number of alkyl halides is 3. The van der Waals surface area contributed by atoms with E-state index in [0.29, 0.717) is 11.3 Å². The largest absolute Gasteiger partial charge is 0.311 e. The molecule has 0 N–H and O–H groups in total. The standard InChI is InChI=1S/C11H11F3N2S/c12-5-10-8-3-1-2-4-9(8)15(6-13)11(17)16(10)7-14/h1-4,10H,5-7H2. The van der Waals surface area contributed by atoms with Gasteiger partial charge in [-0.05, 0) is 18.3 Å². The van der Waals surface area contributed by atoms with Crippen molar-refractivity contribution in [2.45, 2.75) is 6.04 Å². The highest BCUT2D eigenvalue weighted by Crippen LogP contribution is 2.36. The molecule has 1 atom stereocenters. The Kier molecular flexibility index (Phi) is 3.51. The fourth-order valence-electron chi connectivity index (χ4n) is 1.99. The molecule has 0 saturated heterocycles. The van der Waals surface area contributed by atoms with Gasteiger partial charge in [0.15, 0.2) is 18.7 Å². The highest BCUT2D eigenvalue weighted by atomic mass is 32.1. The maximum absolute atomic E-state index is 13.0. The molecule has 0 amide bonds. The highest BCUT2D eigenvalue weighted by molar-refractivity contribution is 7.80. The number of para-hydroxylation sites is 1. The fourth-order valence-corrected chi connectivity index (χ4v) is 2.31. The molecule has 0 bridgehead atoms. The molecule has 1 unspecified atom stereocenters. The predicted octanol–water partition coefficient (Wildman–Crippen LogP) is 2.96. The van der Waals surface area contributed by atoms with Crippen molar-refractivity contribution >= 4 is 23.0 Å². The molecule has 0 aromatic heterocycles. The van der Waals surface area contributed by atoms with Gasteiger partial charge < -0.3 is 4.90 Å². The van der Waals surface area contributed by atoms with Crippen LogP contribution in [-0.2, 0) is 0 Å². The summed E-state index contributed by atoms with van der Waals surface area (Å²) in [5, 5.41) is -0.0173. The van der Waals surface area contributed by atoms with E-state index in [2.05, 4.69) is 0 Å². The number of nitrogens with zero attached hydrogens (tertiary/aromatic N) is 2. The van der Waals surface area contributed by atoms with Crippen LogP contribution in [-0.4, -0.2) is 30.3 Å². The van der Waals surface area contributed by atoms with Gasteiger partial charge in [0.2, 0.25) is 0 Å². The average molecular weight is 260 g/mol. The molecular formula is C11H11F3N2S. The first-order valence-electron chi connectivity index (χ1n) is 5.09. The summed E-state index contributed by atoms with van der Waals surface area (Å²) >= 11 is 4.97. The molecule has 1 aliphatic rings. The predicted molar refractivity (Wildman–Crippen MR) is 64.0 cm³/mol. The van der Waals surface area contributed by atoms with Crippen LogP contribution in [0.2, 0.25) is 0 Å². The molecule has 0 saturated carbocycles. The van der Waals surface area contributed by atoms with Crippen LogP contribution in [0, 0.1) is 0 Å². The first-order chi connectivity index (χ1) is 8.24. The zero-order valence-corrected chi connectivity index (χ0v) is 9.76. The van der Waals surface area contributed by atoms with Gasteiger partial charge in [0, 0.05) is 5.56 Å². The monoisotopic (exact) mass is 260 g/mol. The minimum absolute atomic E-state index is 0.0173. The lowest BCUT2D eigenvalue weighted by molar-refractivity contribution is 0.185. The third kappa shape index (κ3) is 1.86. The molecule has 0 radical (unpaired) electrons. The number of hydrogen-bond donors (Lipinski definition) is 0. The van der Waals surface area contributed by atoms with Crippen molar-refractivity contribution in [1.29, 1.82) is 0 Å². The van der Waals surface area contributed by atoms with Crippen LogP contribution >= 0.6 is 12.2 Å². The maximum Gasteiger partial charge on any atom is 0.180 e. The second-order valence-corrected chi connectivity index (χ2v) is 4.01. The van der Waals surface area contributed by atoms with Crippen molar-refractivity contribution in [3.05, 3.63) is 29.8 Å². The van der Waals surface area contributed by atoms with Crippen molar-refractivity contribution in [1.82, 2.24) is 4.90 Å². The van der Waals surface area contributed by atoms with E-state index in [1.54, 1.807) is 24.3 Å². The quantitative estimate of drug-likeness (QED) is 0.609. The zero-order valence-electron chi connectivity index (χ0n) is 8.94. The van der Waals surface area contributed by atoms with Gasteiger partial charge in [-0.2, -0.15) is 0 Å². The van der Waals surface area contributed by atoms with Crippen LogP contribution in [0.25, 0.3) is 0 Å². The number of thiocarbonyl (C=S) groups is 1. The van der Waals surface area contributed by atoms with Crippen LogP contribution < -0.4 is 4.90 Å². The Balaban J connectivity index is 2.53. The van der Waals surface area contributed by atoms with E-state index in [-0.39, 0.29) is 5.11 Å². The van der Waals surface area contributed by atoms with Crippen LogP contribution in [0.4, 0.5) is 18.9 Å². The molecule has 2 nitrogen and oxygen atoms in total. The van der Waals surface area contributed by atoms with Gasteiger partial charge >= 0.3 is 0 Å². The first-order valence-corrected chi connectivity index (χ1v) is 5.50. The van der Waals surface area contributed by atoms with Crippen molar-refractivity contribution in [3.63, 3.8) is 0 Å². The van der Waals surface area contributed by atoms with Gasteiger partial charge in [0.25, 0.3) is 0 Å². The van der Waals surface area contributed by atoms with Crippen LogP contribution in [0.5, 0.6) is 0 Å². The maximum atomic E-state index is 13.0. The summed E-state index contributed by atoms with van der Waals surface area (Å²) in [5.41, 5.74) is 1.06. The number of rotatable bonds is 3. The summed E-state index contributed by atoms with van der Waals surface area (Å²) in [6.07, 6.45) is 0. The van der Waals surface area contributed by atoms with E-state index < -0.39 is 26.3 Å². The van der Waals surface area contributed by atoms with Crippen LogP contribution in [0.1, 0.15) is 11.6 Å². The highest BCUT2D eigenvalue weighted by Gasteiger charge is 2.34. The molecule has 2 rings (SSSR count). The molecule has 1 aliphatic heterocycles. The molecule has 0 spiro atoms. The van der Waals surface area contributed by atoms with E-state index in [1.165, 1.54) is 0 Å². The summed E-state index contributed by atoms with van der Waals surface area (Å²) in [6.45, 7) is -2.55. The van der Waals surface area contributed by atoms with Gasteiger partial charge in [0.1, 0.15) is 6.67 Å². The summed E-state index contributed by atoms with van der Waals surface area (Å²) in [4.78, 5) is 2.22. The lowest BCUT2D eigenvalue weighted by Gasteiger charge is -2.41. The Morgan fingerprint density at radius 1 is 1.12 bits per heavy atom. The van der Waals surface area contributed by atoms with Gasteiger partial charge in [-0.15, -0.1) is 0 Å². The van der Waals surface area contributed by atoms with E-state index in [0.717, 1.165) is 9.80 Å². The first kappa shape index (κ1) is 12.2. The minimum atomic E-state index is -0.932. The summed E-state index contributed by atoms with van der Waals surface area (Å²) in [7, 11) is 0. The SMILES string of the molecule is FCC1c2ccccc2N(CF)C(=S)N1CF. The smallest absolute Gasteiger partial charge is 0.180 e. The number of halogens is 3. The molecule has 1 heterocycles. The van der Waals surface area contributed by atoms with Gasteiger partial charge in [-0.1, -0.05) is 18.2 Å². The third-order valence-electron chi connectivity index (χ3n) is 2.83. The zero-order chi connectivity index (χ0) is 12.4. The lowest BCUT2D eigenvalue weighted by Crippen LogP contribution is -2.49. The number of benzene rings is 1. The lowest BCUT2D eigenvalue weighted by atomic mass is 10.0. The van der Waals surface area contributed by atoms with E-state index >= 15 is 0 Å². The molecule has 1 aromatic carbocycles. The molecule has 1 aromatic rings. The Bertz CT molecular complexity index is 427. The van der Waals surface area contributed by atoms with Gasteiger partial charge in [-0.3, -0.25) is 4.90 Å². The molecule has 0 fully saturated rings. The minimum Gasteiger partial charge on any atom is -0.311 e. The second-order valence-electron chi connectivity index (χ2n) is 3.65. The fraction of sp³-hybridized carbons (Fsp3) is 0.364. The van der Waals surface area contributed by atoms with Crippen molar-refractivity contribution in [3.8, 4) is 0 Å². The van der Waals surface area contributed by atoms with Gasteiger partial charge in [-0.25, -0.2) is 13.2 Å². The molecule has 0 aliphatic carbocycles. The van der Waals surface area contributed by atoms with Crippen molar-refractivity contribution < 1.29 is 13.2 Å². The van der Waals surface area contributed by atoms with Crippen LogP contribution in [0.3, 0.4) is 0 Å². The second kappa shape index (κ2) is 4.91. The summed E-state index contributed by atoms with van der Waals surface area (Å²) in [6, 6.07) is 5.96. The molecule has 6 heteroatoms. The molecular weight excluding hydrogens is 249 g/mol. The van der Waals surface area contributed by atoms with E-state index in [1.807, 2.05) is 0 Å².